The predicted molar refractivity (Wildman–Crippen MR) is 125 cm³/mol. The fourth-order valence-corrected chi connectivity index (χ4v) is 10.5. The molecule has 4 rings (SSSR count). The zero-order valence-corrected chi connectivity index (χ0v) is 20.1. The fourth-order valence-electron chi connectivity index (χ4n) is 2.91. The topological polar surface area (TPSA) is 37.3 Å². The van der Waals surface area contributed by atoms with E-state index in [4.69, 9.17) is 5.11 Å². The Morgan fingerprint density at radius 2 is 0.931 bits per heavy atom. The first-order chi connectivity index (χ1) is 14.1. The normalized spacial score (nSPS) is 10.1. The van der Waals surface area contributed by atoms with Crippen LogP contribution in [-0.2, 0) is 0 Å². The number of carbonyl (C=O) groups is 1. The summed E-state index contributed by atoms with van der Waals surface area (Å²) in [5.74, 6) is -0.896. The van der Waals surface area contributed by atoms with Gasteiger partial charge < -0.3 is 5.11 Å². The van der Waals surface area contributed by atoms with Crippen molar-refractivity contribution in [2.45, 2.75) is 0 Å². The van der Waals surface area contributed by atoms with Crippen LogP contribution < -0.4 is 10.7 Å². The number of benzene rings is 4. The molecule has 0 aliphatic carbocycles. The van der Waals surface area contributed by atoms with Crippen LogP contribution in [0.1, 0.15) is 10.4 Å². The molecule has 0 aliphatic rings. The van der Waals surface area contributed by atoms with E-state index >= 15 is 0 Å². The van der Waals surface area contributed by atoms with Crippen LogP contribution in [0.3, 0.4) is 0 Å². The van der Waals surface area contributed by atoms with E-state index in [0.717, 1.165) is 4.47 Å². The Bertz CT molecular complexity index is 927. The molecule has 0 atom stereocenters. The molecule has 0 bridgehead atoms. The SMILES string of the molecule is O=C(O)c1ccc(Br)cc1.c1cc[c]([Sn]([c]2ccccc2)[c]2ccccc2)cc1. The summed E-state index contributed by atoms with van der Waals surface area (Å²) >= 11 is 1.22. The second kappa shape index (κ2) is 11.0. The number of hydrogen-bond donors (Lipinski definition) is 1. The maximum atomic E-state index is 10.3. The van der Waals surface area contributed by atoms with Crippen molar-refractivity contribution in [3.8, 4) is 0 Å². The van der Waals surface area contributed by atoms with Gasteiger partial charge in [0.05, 0.1) is 5.56 Å². The van der Waals surface area contributed by atoms with E-state index in [0.29, 0.717) is 5.56 Å². The van der Waals surface area contributed by atoms with E-state index < -0.39 is 25.7 Å². The molecule has 0 unspecified atom stereocenters. The third kappa shape index (κ3) is 6.31. The monoisotopic (exact) mass is 551 g/mol. The summed E-state index contributed by atoms with van der Waals surface area (Å²) < 4.78 is 5.48. The van der Waals surface area contributed by atoms with Gasteiger partial charge in [0.1, 0.15) is 0 Å². The second-order valence-electron chi connectivity index (χ2n) is 6.29. The third-order valence-corrected chi connectivity index (χ3v) is 12.6. The molecule has 143 valence electrons. The van der Waals surface area contributed by atoms with E-state index in [1.54, 1.807) is 24.3 Å². The molecule has 0 amide bonds. The Morgan fingerprint density at radius 1 is 0.586 bits per heavy atom. The molecule has 2 nitrogen and oxygen atoms in total. The minimum atomic E-state index is -1.98. The number of carboxylic acids is 1. The zero-order valence-electron chi connectivity index (χ0n) is 15.7. The number of aromatic carboxylic acids is 1. The van der Waals surface area contributed by atoms with Crippen LogP contribution >= 0.6 is 15.9 Å². The van der Waals surface area contributed by atoms with Gasteiger partial charge in [-0.15, -0.1) is 0 Å². The van der Waals surface area contributed by atoms with E-state index in [2.05, 4.69) is 107 Å². The van der Waals surface area contributed by atoms with Crippen molar-refractivity contribution >= 4 is 52.4 Å². The van der Waals surface area contributed by atoms with Crippen LogP contribution in [0.5, 0.6) is 0 Å². The second-order valence-corrected chi connectivity index (χ2v) is 14.3. The van der Waals surface area contributed by atoms with Crippen LogP contribution in [0.15, 0.2) is 120 Å². The van der Waals surface area contributed by atoms with Gasteiger partial charge in [-0.1, -0.05) is 15.9 Å². The zero-order chi connectivity index (χ0) is 20.5. The Morgan fingerprint density at radius 3 is 1.24 bits per heavy atom. The van der Waals surface area contributed by atoms with Crippen molar-refractivity contribution in [3.63, 3.8) is 0 Å². The first-order valence-electron chi connectivity index (χ1n) is 9.17. The standard InChI is InChI=1S/C7H5BrO2.3C6H5.Sn/c8-6-3-1-5(2-4-6)7(9)10;3*1-2-4-6-5-3-1;/h1-4H,(H,9,10);3*1-5H;. The van der Waals surface area contributed by atoms with E-state index in [1.165, 1.54) is 10.7 Å². The molecule has 4 aromatic carbocycles. The molecule has 1 radical (unpaired) electrons. The molecule has 4 heteroatoms. The van der Waals surface area contributed by atoms with Crippen LogP contribution in [0.4, 0.5) is 0 Å². The molecule has 0 saturated heterocycles. The average Bonchev–Trinajstić information content (AvgIpc) is 2.77. The van der Waals surface area contributed by atoms with Gasteiger partial charge in [-0.3, -0.25) is 0 Å². The summed E-state index contributed by atoms with van der Waals surface area (Å²) in [7, 11) is 0. The predicted octanol–water partition coefficient (Wildman–Crippen LogP) is 4.35. The summed E-state index contributed by atoms with van der Waals surface area (Å²) in [6.07, 6.45) is 0. The van der Waals surface area contributed by atoms with E-state index in [-0.39, 0.29) is 0 Å². The van der Waals surface area contributed by atoms with Gasteiger partial charge in [0.25, 0.3) is 0 Å². The first-order valence-corrected chi connectivity index (χ1v) is 14.2. The van der Waals surface area contributed by atoms with Gasteiger partial charge in [0.15, 0.2) is 0 Å². The molecule has 1 N–H and O–H groups in total. The van der Waals surface area contributed by atoms with Crippen molar-refractivity contribution < 1.29 is 9.90 Å². The molecule has 0 saturated carbocycles. The maximum absolute atomic E-state index is 10.3. The summed E-state index contributed by atoms with van der Waals surface area (Å²) in [6, 6.07) is 39.4. The van der Waals surface area contributed by atoms with Crippen molar-refractivity contribution in [2.75, 3.05) is 0 Å². The van der Waals surface area contributed by atoms with Crippen molar-refractivity contribution in [2.24, 2.45) is 0 Å². The van der Waals surface area contributed by atoms with Gasteiger partial charge >= 0.3 is 127 Å². The quantitative estimate of drug-likeness (QED) is 0.384. The third-order valence-electron chi connectivity index (χ3n) is 4.28. The molecule has 0 aromatic heterocycles. The van der Waals surface area contributed by atoms with Crippen LogP contribution in [0.25, 0.3) is 0 Å². The van der Waals surface area contributed by atoms with Crippen molar-refractivity contribution in [1.29, 1.82) is 0 Å². The molecule has 0 spiro atoms. The van der Waals surface area contributed by atoms with E-state index in [9.17, 15) is 4.79 Å². The Labute approximate surface area is 186 Å². The molecular formula is C25H20BrO2Sn. The number of halogens is 1. The van der Waals surface area contributed by atoms with Gasteiger partial charge in [-0.05, 0) is 24.3 Å². The molecule has 0 heterocycles. The van der Waals surface area contributed by atoms with Crippen molar-refractivity contribution in [1.82, 2.24) is 0 Å². The average molecular weight is 551 g/mol. The van der Waals surface area contributed by atoms with Crippen LogP contribution in [0, 0.1) is 0 Å². The number of rotatable bonds is 4. The van der Waals surface area contributed by atoms with Crippen molar-refractivity contribution in [3.05, 3.63) is 125 Å². The Kier molecular flexibility index (Phi) is 8.08. The molecule has 0 aliphatic heterocycles. The molecule has 4 aromatic rings. The van der Waals surface area contributed by atoms with Gasteiger partial charge in [0.2, 0.25) is 0 Å². The summed E-state index contributed by atoms with van der Waals surface area (Å²) in [6.45, 7) is 0. The minimum absolute atomic E-state index is 0.309. The summed E-state index contributed by atoms with van der Waals surface area (Å²) in [4.78, 5) is 10.3. The molecule has 29 heavy (non-hydrogen) atoms. The van der Waals surface area contributed by atoms with Gasteiger partial charge in [-0.25, -0.2) is 4.79 Å². The number of carboxylic acid groups (broad SMARTS) is 1. The van der Waals surface area contributed by atoms with Crippen LogP contribution in [0.2, 0.25) is 0 Å². The van der Waals surface area contributed by atoms with Gasteiger partial charge in [0, 0.05) is 4.47 Å². The fraction of sp³-hybridized carbons (Fsp3) is 0. The summed E-state index contributed by atoms with van der Waals surface area (Å²) in [5, 5.41) is 8.46. The summed E-state index contributed by atoms with van der Waals surface area (Å²) in [5.41, 5.74) is 0.309. The van der Waals surface area contributed by atoms with E-state index in [1.807, 2.05) is 0 Å². The Hall–Kier alpha value is -2.37. The first kappa shape index (κ1) is 21.3. The van der Waals surface area contributed by atoms with Gasteiger partial charge in [-0.2, -0.15) is 0 Å². The molecular weight excluding hydrogens is 531 g/mol. The Balaban J connectivity index is 0.000000204. The van der Waals surface area contributed by atoms with Crippen LogP contribution in [-0.4, -0.2) is 30.8 Å². The molecule has 0 fully saturated rings. The number of hydrogen-bond acceptors (Lipinski definition) is 1.